The summed E-state index contributed by atoms with van der Waals surface area (Å²) < 4.78 is 63.0. The van der Waals surface area contributed by atoms with E-state index in [9.17, 15) is 0 Å². The average Bonchev–Trinajstić information content (AvgIpc) is 3.78. The maximum absolute atomic E-state index is 16.1. The smallest absolute Gasteiger partial charge is 0.163 e. The highest BCUT2D eigenvalue weighted by atomic mass is 19.1. The van der Waals surface area contributed by atoms with Gasteiger partial charge >= 0.3 is 0 Å². The number of methoxy groups -OCH3 is 2. The molecule has 0 fully saturated rings. The lowest BCUT2D eigenvalue weighted by atomic mass is 10.0. The first-order valence-electron chi connectivity index (χ1n) is 16.8. The number of imidazole rings is 2. The number of ether oxygens (including phenoxy) is 2. The van der Waals surface area contributed by atoms with E-state index in [0.29, 0.717) is 34.1 Å². The van der Waals surface area contributed by atoms with Gasteiger partial charge in [-0.1, -0.05) is 97.1 Å². The van der Waals surface area contributed by atoms with E-state index in [4.69, 9.17) is 19.4 Å². The van der Waals surface area contributed by atoms with Crippen molar-refractivity contribution in [2.45, 2.75) is 0 Å². The Morgan fingerprint density at radius 2 is 0.849 bits per heavy atom. The van der Waals surface area contributed by atoms with Crippen LogP contribution in [0.5, 0.6) is 11.5 Å². The summed E-state index contributed by atoms with van der Waals surface area (Å²) in [6.45, 7) is 0. The predicted octanol–water partition coefficient (Wildman–Crippen LogP) is 10.8. The fourth-order valence-electron chi connectivity index (χ4n) is 6.58. The van der Waals surface area contributed by atoms with Crippen LogP contribution in [0.3, 0.4) is 0 Å². The van der Waals surface area contributed by atoms with Gasteiger partial charge in [-0.3, -0.25) is 0 Å². The minimum Gasteiger partial charge on any atom is -0.493 e. The molecule has 0 aliphatic heterocycles. The maximum atomic E-state index is 16.1. The molecule has 53 heavy (non-hydrogen) atoms. The van der Waals surface area contributed by atoms with Gasteiger partial charge in [-0.25, -0.2) is 32.5 Å². The van der Waals surface area contributed by atoms with Crippen LogP contribution in [0.15, 0.2) is 152 Å². The van der Waals surface area contributed by atoms with Crippen molar-refractivity contribution < 1.29 is 22.6 Å². The van der Waals surface area contributed by atoms with Crippen LogP contribution in [0.4, 0.5) is 13.2 Å². The number of nitrogens with zero attached hydrogens (tertiary/aromatic N) is 4. The van der Waals surface area contributed by atoms with Crippen LogP contribution in [0, 0.1) is 17.5 Å². The van der Waals surface area contributed by atoms with Crippen molar-refractivity contribution in [3.63, 3.8) is 0 Å². The van der Waals surface area contributed by atoms with Crippen molar-refractivity contribution in [3.05, 3.63) is 169 Å². The van der Waals surface area contributed by atoms with Crippen LogP contribution in [0.25, 0.3) is 67.8 Å². The van der Waals surface area contributed by atoms with Crippen LogP contribution in [0.2, 0.25) is 0 Å². The lowest BCUT2D eigenvalue weighted by Crippen LogP contribution is -2.16. The van der Waals surface area contributed by atoms with Gasteiger partial charge in [-0.15, -0.1) is 0 Å². The summed E-state index contributed by atoms with van der Waals surface area (Å²) in [6.07, 6.45) is 0. The number of rotatable bonds is 9. The molecule has 0 spiro atoms. The highest BCUT2D eigenvalue weighted by Gasteiger charge is 2.32. The summed E-state index contributed by atoms with van der Waals surface area (Å²) >= 11 is 0. The molecule has 8 rings (SSSR count). The first-order chi connectivity index (χ1) is 26.0. The van der Waals surface area contributed by atoms with Gasteiger partial charge in [-0.05, 0) is 54.6 Å². The van der Waals surface area contributed by atoms with Gasteiger partial charge < -0.3 is 9.47 Å². The maximum Gasteiger partial charge on any atom is 0.163 e. The molecule has 0 aliphatic carbocycles. The fraction of sp³-hybridized carbons (Fsp3) is 0.0455. The Hall–Kier alpha value is -6.87. The standard InChI is InChI=1S/C44H31F3N4O2/c1-52-37-26-25-30(27-38(37)53-2)42-40(31-19-9-12-22-34(31)45)49-44(33-21-11-14-24-36(33)47)51(42)50-41(29-17-7-4-8-18-29)39(28-15-5-3-6-16-28)48-43(50)32-20-10-13-23-35(32)46/h3-27H,1-2H3. The molecule has 260 valence electrons. The Morgan fingerprint density at radius 3 is 1.36 bits per heavy atom. The van der Waals surface area contributed by atoms with Gasteiger partial charge in [0.05, 0.1) is 42.4 Å². The Morgan fingerprint density at radius 1 is 0.415 bits per heavy atom. The van der Waals surface area contributed by atoms with Crippen molar-refractivity contribution in [1.29, 1.82) is 0 Å². The Labute approximate surface area is 304 Å². The quantitative estimate of drug-likeness (QED) is 0.150. The summed E-state index contributed by atoms with van der Waals surface area (Å²) in [5.41, 5.74) is 4.19. The first kappa shape index (κ1) is 33.3. The zero-order valence-electron chi connectivity index (χ0n) is 28.7. The molecule has 0 bridgehead atoms. The number of hydrogen-bond acceptors (Lipinski definition) is 4. The Balaban J connectivity index is 1.63. The van der Waals surface area contributed by atoms with E-state index in [1.807, 2.05) is 60.7 Å². The largest absolute Gasteiger partial charge is 0.493 e. The molecule has 8 aromatic rings. The van der Waals surface area contributed by atoms with Gasteiger partial charge in [0.25, 0.3) is 0 Å². The Bertz CT molecular complexity index is 2580. The second kappa shape index (κ2) is 14.0. The van der Waals surface area contributed by atoms with Gasteiger partial charge in [-0.2, -0.15) is 0 Å². The molecule has 0 saturated carbocycles. The third kappa shape index (κ3) is 5.92. The van der Waals surface area contributed by atoms with E-state index in [1.165, 1.54) is 32.4 Å². The van der Waals surface area contributed by atoms with Gasteiger partial charge in [0.15, 0.2) is 23.1 Å². The van der Waals surface area contributed by atoms with Crippen molar-refractivity contribution in [1.82, 2.24) is 19.3 Å². The molecule has 0 amide bonds. The molecular weight excluding hydrogens is 674 g/mol. The zero-order chi connectivity index (χ0) is 36.5. The highest BCUT2D eigenvalue weighted by molar-refractivity contribution is 5.87. The average molecular weight is 705 g/mol. The predicted molar refractivity (Wildman–Crippen MR) is 201 cm³/mol. The summed E-state index contributed by atoms with van der Waals surface area (Å²) in [4.78, 5) is 10.2. The van der Waals surface area contributed by atoms with E-state index < -0.39 is 17.5 Å². The monoisotopic (exact) mass is 704 g/mol. The van der Waals surface area contributed by atoms with Gasteiger partial charge in [0, 0.05) is 22.3 Å². The van der Waals surface area contributed by atoms with Crippen LogP contribution in [0.1, 0.15) is 0 Å². The van der Waals surface area contributed by atoms with Crippen molar-refractivity contribution in [2.75, 3.05) is 14.2 Å². The molecule has 9 heteroatoms. The minimum absolute atomic E-state index is 0.123. The molecule has 2 aromatic heterocycles. The first-order valence-corrected chi connectivity index (χ1v) is 16.8. The lowest BCUT2D eigenvalue weighted by Gasteiger charge is -2.21. The van der Waals surface area contributed by atoms with E-state index in [1.54, 1.807) is 82.1 Å². The summed E-state index contributed by atoms with van der Waals surface area (Å²) in [5, 5.41) is 0. The SMILES string of the molecule is COc1ccc(-c2c(-c3ccccc3F)nc(-c3ccccc3F)n2-n2c(-c3ccccc3F)nc(-c3ccccc3)c2-c2ccccc2)cc1OC. The van der Waals surface area contributed by atoms with E-state index >= 15 is 13.2 Å². The third-order valence-corrected chi connectivity index (χ3v) is 9.02. The molecule has 0 atom stereocenters. The second-order valence-electron chi connectivity index (χ2n) is 12.1. The number of hydrogen-bond donors (Lipinski definition) is 0. The highest BCUT2D eigenvalue weighted by Crippen LogP contribution is 2.45. The molecular formula is C44H31F3N4O2. The summed E-state index contributed by atoms with van der Waals surface area (Å²) in [5.74, 6) is -0.419. The molecule has 0 aliphatic rings. The molecule has 0 unspecified atom stereocenters. The molecule has 2 heterocycles. The summed E-state index contributed by atoms with van der Waals surface area (Å²) in [7, 11) is 3.06. The lowest BCUT2D eigenvalue weighted by molar-refractivity contribution is 0.355. The summed E-state index contributed by atoms with van der Waals surface area (Å²) in [6, 6.07) is 43.3. The molecule has 0 N–H and O–H groups in total. The third-order valence-electron chi connectivity index (χ3n) is 9.02. The van der Waals surface area contributed by atoms with Crippen molar-refractivity contribution >= 4 is 0 Å². The topological polar surface area (TPSA) is 54.1 Å². The molecule has 6 aromatic carbocycles. The van der Waals surface area contributed by atoms with Crippen molar-refractivity contribution in [3.8, 4) is 79.3 Å². The van der Waals surface area contributed by atoms with Crippen molar-refractivity contribution in [2.24, 2.45) is 0 Å². The number of halogens is 3. The van der Waals surface area contributed by atoms with Gasteiger partial charge in [0.2, 0.25) is 0 Å². The molecule has 0 radical (unpaired) electrons. The minimum atomic E-state index is -0.560. The Kier molecular flexibility index (Phi) is 8.81. The fourth-order valence-corrected chi connectivity index (χ4v) is 6.58. The van der Waals surface area contributed by atoms with E-state index in [-0.39, 0.29) is 34.0 Å². The van der Waals surface area contributed by atoms with Crippen LogP contribution >= 0.6 is 0 Å². The molecule has 0 saturated heterocycles. The normalized spacial score (nSPS) is 11.1. The molecule has 6 nitrogen and oxygen atoms in total. The van der Waals surface area contributed by atoms with E-state index in [0.717, 1.165) is 11.1 Å². The van der Waals surface area contributed by atoms with Crippen LogP contribution < -0.4 is 9.47 Å². The van der Waals surface area contributed by atoms with Gasteiger partial charge in [0.1, 0.15) is 23.1 Å². The van der Waals surface area contributed by atoms with E-state index in [2.05, 4.69) is 0 Å². The van der Waals surface area contributed by atoms with Crippen LogP contribution in [-0.2, 0) is 0 Å². The number of benzene rings is 6. The second-order valence-corrected chi connectivity index (χ2v) is 12.1. The zero-order valence-corrected chi connectivity index (χ0v) is 28.7. The van der Waals surface area contributed by atoms with Crippen LogP contribution in [-0.4, -0.2) is 33.5 Å². The number of aromatic nitrogens is 4.